The molecule has 1 aromatic heterocycles. The van der Waals surface area contributed by atoms with E-state index in [1.807, 2.05) is 6.20 Å². The van der Waals surface area contributed by atoms with Crippen LogP contribution in [0, 0.1) is 11.8 Å². The standard InChI is InChI=1S/C15H26BrN3O/c1-4-11-5-6-12(9-11)14(17-2)15-13(16)10-18-19(15)7-8-20-3/h10-12,14,17H,4-9H2,1-3H3. The summed E-state index contributed by atoms with van der Waals surface area (Å²) < 4.78 is 8.37. The summed E-state index contributed by atoms with van der Waals surface area (Å²) in [6.07, 6.45) is 7.21. The van der Waals surface area contributed by atoms with Crippen molar-refractivity contribution in [3.63, 3.8) is 0 Å². The van der Waals surface area contributed by atoms with E-state index in [1.54, 1.807) is 7.11 Å². The number of halogens is 1. The third kappa shape index (κ3) is 3.43. The van der Waals surface area contributed by atoms with Crippen LogP contribution in [0.1, 0.15) is 44.3 Å². The van der Waals surface area contributed by atoms with Crippen LogP contribution < -0.4 is 5.32 Å². The quantitative estimate of drug-likeness (QED) is 0.824. The Bertz CT molecular complexity index is 421. The zero-order valence-corrected chi connectivity index (χ0v) is 14.3. The molecule has 1 saturated carbocycles. The maximum absolute atomic E-state index is 5.19. The molecule has 2 rings (SSSR count). The van der Waals surface area contributed by atoms with Crippen LogP contribution in [0.3, 0.4) is 0 Å². The molecule has 5 heteroatoms. The summed E-state index contributed by atoms with van der Waals surface area (Å²) in [6.45, 7) is 3.81. The first-order valence-electron chi connectivity index (χ1n) is 7.58. The minimum atomic E-state index is 0.375. The molecular weight excluding hydrogens is 318 g/mol. The molecule has 3 unspecified atom stereocenters. The number of hydrogen-bond donors (Lipinski definition) is 1. The predicted octanol–water partition coefficient (Wildman–Crippen LogP) is 3.38. The van der Waals surface area contributed by atoms with E-state index in [0.717, 1.165) is 16.9 Å². The summed E-state index contributed by atoms with van der Waals surface area (Å²) in [5, 5.41) is 8.00. The maximum Gasteiger partial charge on any atom is 0.0699 e. The van der Waals surface area contributed by atoms with E-state index < -0.39 is 0 Å². The highest BCUT2D eigenvalue weighted by molar-refractivity contribution is 9.10. The first-order valence-corrected chi connectivity index (χ1v) is 8.37. The van der Waals surface area contributed by atoms with Crippen molar-refractivity contribution in [2.75, 3.05) is 20.8 Å². The predicted molar refractivity (Wildman–Crippen MR) is 84.7 cm³/mol. The SMILES string of the molecule is CCC1CCC(C(NC)c2c(Br)cnn2CCOC)C1. The topological polar surface area (TPSA) is 39.1 Å². The monoisotopic (exact) mass is 343 g/mol. The molecule has 1 aromatic rings. The van der Waals surface area contributed by atoms with E-state index in [0.29, 0.717) is 18.6 Å². The molecule has 3 atom stereocenters. The fourth-order valence-corrected chi connectivity index (χ4v) is 3.96. The Hall–Kier alpha value is -0.390. The summed E-state index contributed by atoms with van der Waals surface area (Å²) in [5.74, 6) is 1.60. The van der Waals surface area contributed by atoms with E-state index in [-0.39, 0.29) is 0 Å². The maximum atomic E-state index is 5.19. The molecule has 1 N–H and O–H groups in total. The number of methoxy groups -OCH3 is 1. The van der Waals surface area contributed by atoms with Gasteiger partial charge in [0.25, 0.3) is 0 Å². The number of nitrogens with zero attached hydrogens (tertiary/aromatic N) is 2. The van der Waals surface area contributed by atoms with Gasteiger partial charge < -0.3 is 10.1 Å². The lowest BCUT2D eigenvalue weighted by Gasteiger charge is -2.25. The molecule has 1 aliphatic carbocycles. The highest BCUT2D eigenvalue weighted by Crippen LogP contribution is 2.41. The van der Waals surface area contributed by atoms with Crippen molar-refractivity contribution in [2.45, 2.75) is 45.2 Å². The molecular formula is C15H26BrN3O. The smallest absolute Gasteiger partial charge is 0.0699 e. The number of hydrogen-bond acceptors (Lipinski definition) is 3. The van der Waals surface area contributed by atoms with Gasteiger partial charge in [-0.3, -0.25) is 4.68 Å². The highest BCUT2D eigenvalue weighted by atomic mass is 79.9. The van der Waals surface area contributed by atoms with Gasteiger partial charge >= 0.3 is 0 Å². The van der Waals surface area contributed by atoms with Gasteiger partial charge in [0, 0.05) is 7.11 Å². The van der Waals surface area contributed by atoms with Gasteiger partial charge in [0.1, 0.15) is 0 Å². The molecule has 0 aromatic carbocycles. The van der Waals surface area contributed by atoms with Crippen molar-refractivity contribution >= 4 is 15.9 Å². The van der Waals surface area contributed by atoms with E-state index in [9.17, 15) is 0 Å². The molecule has 0 radical (unpaired) electrons. The van der Waals surface area contributed by atoms with E-state index >= 15 is 0 Å². The second kappa shape index (κ2) is 7.57. The minimum absolute atomic E-state index is 0.375. The van der Waals surface area contributed by atoms with Gasteiger partial charge in [-0.2, -0.15) is 5.10 Å². The lowest BCUT2D eigenvalue weighted by Crippen LogP contribution is -2.27. The Balaban J connectivity index is 2.16. The molecule has 1 heterocycles. The van der Waals surface area contributed by atoms with E-state index in [1.165, 1.54) is 31.4 Å². The average Bonchev–Trinajstić information content (AvgIpc) is 3.06. The first kappa shape index (κ1) is 16.0. The van der Waals surface area contributed by atoms with Gasteiger partial charge in [0.05, 0.1) is 35.6 Å². The number of ether oxygens (including phenoxy) is 1. The summed E-state index contributed by atoms with van der Waals surface area (Å²) in [4.78, 5) is 0. The van der Waals surface area contributed by atoms with Crippen LogP contribution in [-0.4, -0.2) is 30.5 Å². The largest absolute Gasteiger partial charge is 0.383 e. The number of nitrogens with one attached hydrogen (secondary N) is 1. The zero-order valence-electron chi connectivity index (χ0n) is 12.7. The van der Waals surface area contributed by atoms with Crippen molar-refractivity contribution in [1.82, 2.24) is 15.1 Å². The molecule has 0 saturated heterocycles. The van der Waals surface area contributed by atoms with Crippen molar-refractivity contribution in [3.8, 4) is 0 Å². The second-order valence-electron chi connectivity index (χ2n) is 5.71. The molecule has 114 valence electrons. The zero-order chi connectivity index (χ0) is 14.5. The van der Waals surface area contributed by atoms with Crippen LogP contribution in [0.2, 0.25) is 0 Å². The summed E-state index contributed by atoms with van der Waals surface area (Å²) in [6, 6.07) is 0.375. The Kier molecular flexibility index (Phi) is 6.05. The first-order chi connectivity index (χ1) is 9.71. The van der Waals surface area contributed by atoms with Gasteiger partial charge in [-0.25, -0.2) is 0 Å². The van der Waals surface area contributed by atoms with Crippen LogP contribution in [0.25, 0.3) is 0 Å². The lowest BCUT2D eigenvalue weighted by molar-refractivity contribution is 0.180. The lowest BCUT2D eigenvalue weighted by atomic mass is 9.93. The number of rotatable bonds is 7. The molecule has 0 bridgehead atoms. The molecule has 1 fully saturated rings. The third-order valence-corrected chi connectivity index (χ3v) is 5.19. The van der Waals surface area contributed by atoms with Crippen LogP contribution >= 0.6 is 15.9 Å². The van der Waals surface area contributed by atoms with E-state index in [2.05, 4.69) is 45.0 Å². The van der Waals surface area contributed by atoms with Crippen LogP contribution in [0.5, 0.6) is 0 Å². The van der Waals surface area contributed by atoms with Crippen LogP contribution in [-0.2, 0) is 11.3 Å². The van der Waals surface area contributed by atoms with Crippen LogP contribution in [0.15, 0.2) is 10.7 Å². The summed E-state index contributed by atoms with van der Waals surface area (Å²) >= 11 is 3.67. The van der Waals surface area contributed by atoms with Crippen molar-refractivity contribution in [1.29, 1.82) is 0 Å². The van der Waals surface area contributed by atoms with Gasteiger partial charge in [-0.05, 0) is 47.7 Å². The van der Waals surface area contributed by atoms with Gasteiger partial charge in [0.15, 0.2) is 0 Å². The van der Waals surface area contributed by atoms with Crippen molar-refractivity contribution < 1.29 is 4.74 Å². The Labute approximate surface area is 130 Å². The molecule has 20 heavy (non-hydrogen) atoms. The van der Waals surface area contributed by atoms with Gasteiger partial charge in [0.2, 0.25) is 0 Å². The summed E-state index contributed by atoms with van der Waals surface area (Å²) in [7, 11) is 3.79. The average molecular weight is 344 g/mol. The Morgan fingerprint density at radius 1 is 1.55 bits per heavy atom. The van der Waals surface area contributed by atoms with Crippen molar-refractivity contribution in [3.05, 3.63) is 16.4 Å². The third-order valence-electron chi connectivity index (χ3n) is 4.58. The van der Waals surface area contributed by atoms with Crippen LogP contribution in [0.4, 0.5) is 0 Å². The number of aromatic nitrogens is 2. The molecule has 0 aliphatic heterocycles. The van der Waals surface area contributed by atoms with Crippen molar-refractivity contribution in [2.24, 2.45) is 11.8 Å². The molecule has 0 amide bonds. The Morgan fingerprint density at radius 3 is 2.95 bits per heavy atom. The molecule has 0 spiro atoms. The summed E-state index contributed by atoms with van der Waals surface area (Å²) in [5.41, 5.74) is 1.27. The normalized spacial score (nSPS) is 24.2. The van der Waals surface area contributed by atoms with Gasteiger partial charge in [-0.15, -0.1) is 0 Å². The molecule has 1 aliphatic rings. The second-order valence-corrected chi connectivity index (χ2v) is 6.56. The molecule has 4 nitrogen and oxygen atoms in total. The fourth-order valence-electron chi connectivity index (χ4n) is 3.42. The minimum Gasteiger partial charge on any atom is -0.383 e. The highest BCUT2D eigenvalue weighted by Gasteiger charge is 2.33. The Morgan fingerprint density at radius 2 is 2.35 bits per heavy atom. The van der Waals surface area contributed by atoms with E-state index in [4.69, 9.17) is 4.74 Å². The van der Waals surface area contributed by atoms with Gasteiger partial charge in [-0.1, -0.05) is 19.8 Å². The fraction of sp³-hybridized carbons (Fsp3) is 0.800.